The smallest absolute Gasteiger partial charge is 0.336 e. The highest BCUT2D eigenvalue weighted by Crippen LogP contribution is 2.12. The molecule has 0 saturated carbocycles. The Morgan fingerprint density at radius 3 is 1.20 bits per heavy atom. The minimum atomic E-state index is -1.23. The molecule has 0 radical (unpaired) electrons. The highest BCUT2D eigenvalue weighted by Gasteiger charge is 2.22. The van der Waals surface area contributed by atoms with Crippen molar-refractivity contribution < 1.29 is 24.3 Å². The number of hydrogen-bond acceptors (Lipinski definition) is 2. The molecule has 0 amide bonds. The Hall–Kier alpha value is -1.88. The summed E-state index contributed by atoms with van der Waals surface area (Å²) in [4.78, 5) is 20.9. The molecule has 0 aliphatic rings. The third-order valence-electron chi connectivity index (χ3n) is 4.18. The van der Waals surface area contributed by atoms with Crippen molar-refractivity contribution in [2.24, 2.45) is 0 Å². The van der Waals surface area contributed by atoms with E-state index in [0.29, 0.717) is 0 Å². The van der Waals surface area contributed by atoms with Gasteiger partial charge in [-0.05, 0) is 37.8 Å². The van der Waals surface area contributed by atoms with E-state index in [9.17, 15) is 9.59 Å². The zero-order chi connectivity index (χ0) is 19.3. The zero-order valence-electron chi connectivity index (χ0n) is 16.1. The Morgan fingerprint density at radius 2 is 1.00 bits per heavy atom. The van der Waals surface area contributed by atoms with Gasteiger partial charge in [-0.3, -0.25) is 0 Å². The van der Waals surface area contributed by atoms with Gasteiger partial charge >= 0.3 is 11.9 Å². The number of aromatic carboxylic acids is 2. The lowest BCUT2D eigenvalue weighted by Gasteiger charge is -2.38. The molecule has 142 valence electrons. The van der Waals surface area contributed by atoms with Gasteiger partial charge in [-0.25, -0.2) is 9.59 Å². The van der Waals surface area contributed by atoms with Crippen LogP contribution in [-0.4, -0.2) is 52.8 Å². The van der Waals surface area contributed by atoms with Crippen LogP contribution >= 0.6 is 0 Å². The van der Waals surface area contributed by atoms with Crippen molar-refractivity contribution in [3.8, 4) is 0 Å². The average Bonchev–Trinajstić information content (AvgIpc) is 2.56. The van der Waals surface area contributed by atoms with Crippen molar-refractivity contribution >= 4 is 11.9 Å². The molecule has 5 heteroatoms. The van der Waals surface area contributed by atoms with Gasteiger partial charge in [0.15, 0.2) is 0 Å². The van der Waals surface area contributed by atoms with Crippen molar-refractivity contribution in [3.63, 3.8) is 0 Å². The van der Waals surface area contributed by atoms with Crippen LogP contribution in [0, 0.1) is 0 Å². The van der Waals surface area contributed by atoms with Crippen LogP contribution in [0.15, 0.2) is 24.3 Å². The molecule has 5 nitrogen and oxygen atoms in total. The molecule has 1 rings (SSSR count). The second-order valence-electron chi connectivity index (χ2n) is 6.39. The molecule has 2 N–H and O–H groups in total. The monoisotopic (exact) mass is 352 g/mol. The summed E-state index contributed by atoms with van der Waals surface area (Å²) < 4.78 is 1.38. The second-order valence-corrected chi connectivity index (χ2v) is 6.39. The molecule has 0 saturated heterocycles. The molecule has 0 spiro atoms. The average molecular weight is 352 g/mol. The van der Waals surface area contributed by atoms with Gasteiger partial charge in [0, 0.05) is 0 Å². The second kappa shape index (κ2) is 12.5. The van der Waals surface area contributed by atoms with Gasteiger partial charge in [0.2, 0.25) is 0 Å². The molecule has 25 heavy (non-hydrogen) atoms. The molecule has 0 heterocycles. The topological polar surface area (TPSA) is 74.6 Å². The van der Waals surface area contributed by atoms with E-state index in [0.717, 1.165) is 0 Å². The molecule has 0 atom stereocenters. The molecule has 0 aromatic heterocycles. The number of carbonyl (C=O) groups is 2. The lowest BCUT2D eigenvalue weighted by molar-refractivity contribution is -0.928. The number of nitrogens with zero attached hydrogens (tertiary/aromatic N) is 1. The molecule has 0 aliphatic carbocycles. The van der Waals surface area contributed by atoms with Crippen LogP contribution in [-0.2, 0) is 0 Å². The lowest BCUT2D eigenvalue weighted by Crippen LogP contribution is -2.50. The first-order valence-electron chi connectivity index (χ1n) is 9.28. The third kappa shape index (κ3) is 8.16. The zero-order valence-corrected chi connectivity index (χ0v) is 16.1. The van der Waals surface area contributed by atoms with E-state index in [1.807, 2.05) is 0 Å². The fraction of sp³-hybridized carbons (Fsp3) is 0.600. The van der Waals surface area contributed by atoms with Crippen LogP contribution in [0.5, 0.6) is 0 Å². The number of benzene rings is 1. The Balaban J connectivity index is 0.000000462. The molecule has 0 fully saturated rings. The van der Waals surface area contributed by atoms with Crippen LogP contribution in [0.25, 0.3) is 0 Å². The Labute approximate surface area is 151 Å². The minimum absolute atomic E-state index is 0.190. The van der Waals surface area contributed by atoms with E-state index < -0.39 is 11.9 Å². The van der Waals surface area contributed by atoms with Gasteiger partial charge in [-0.1, -0.05) is 39.8 Å². The molecule has 0 aliphatic heterocycles. The molecular formula is C20H34NO4+. The molecular weight excluding hydrogens is 318 g/mol. The number of carboxylic acids is 2. The highest BCUT2D eigenvalue weighted by atomic mass is 16.4. The van der Waals surface area contributed by atoms with E-state index in [1.165, 1.54) is 80.6 Å². The summed E-state index contributed by atoms with van der Waals surface area (Å²) in [6.45, 7) is 14.8. The molecule has 0 unspecified atom stereocenters. The Morgan fingerprint density at radius 1 is 0.720 bits per heavy atom. The predicted octanol–water partition coefficient (Wildman–Crippen LogP) is 4.53. The van der Waals surface area contributed by atoms with Gasteiger partial charge in [0.25, 0.3) is 0 Å². The third-order valence-corrected chi connectivity index (χ3v) is 4.18. The Kier molecular flexibility index (Phi) is 11.5. The van der Waals surface area contributed by atoms with E-state index in [2.05, 4.69) is 27.7 Å². The first-order chi connectivity index (χ1) is 11.9. The van der Waals surface area contributed by atoms with E-state index in [1.54, 1.807) is 0 Å². The summed E-state index contributed by atoms with van der Waals surface area (Å²) in [5.74, 6) is -2.46. The quantitative estimate of drug-likeness (QED) is 0.607. The molecule has 1 aromatic carbocycles. The van der Waals surface area contributed by atoms with E-state index in [4.69, 9.17) is 10.2 Å². The fourth-order valence-corrected chi connectivity index (χ4v) is 3.42. The molecule has 0 bridgehead atoms. The summed E-state index contributed by atoms with van der Waals surface area (Å²) >= 11 is 0. The maximum atomic E-state index is 10.5. The summed E-state index contributed by atoms with van der Waals surface area (Å²) in [5.41, 5.74) is -0.380. The summed E-state index contributed by atoms with van der Waals surface area (Å²) in [7, 11) is 0. The van der Waals surface area contributed by atoms with Crippen LogP contribution < -0.4 is 0 Å². The van der Waals surface area contributed by atoms with Crippen molar-refractivity contribution in [1.29, 1.82) is 0 Å². The first kappa shape index (κ1) is 23.1. The Bertz CT molecular complexity index is 466. The lowest BCUT2D eigenvalue weighted by atomic mass is 10.1. The summed E-state index contributed by atoms with van der Waals surface area (Å²) in [5, 5.41) is 17.1. The molecule has 1 aromatic rings. The van der Waals surface area contributed by atoms with Crippen molar-refractivity contribution in [3.05, 3.63) is 35.4 Å². The number of hydrogen-bond donors (Lipinski definition) is 2. The van der Waals surface area contributed by atoms with E-state index in [-0.39, 0.29) is 11.1 Å². The largest absolute Gasteiger partial charge is 0.478 e. The van der Waals surface area contributed by atoms with Gasteiger partial charge in [0.05, 0.1) is 37.3 Å². The normalized spacial score (nSPS) is 10.7. The summed E-state index contributed by atoms with van der Waals surface area (Å²) in [6.07, 6.45) is 5.33. The van der Waals surface area contributed by atoms with Crippen LogP contribution in [0.1, 0.15) is 74.1 Å². The van der Waals surface area contributed by atoms with Crippen LogP contribution in [0.2, 0.25) is 0 Å². The number of quaternary nitrogens is 1. The van der Waals surface area contributed by atoms with Gasteiger partial charge in [0.1, 0.15) is 0 Å². The van der Waals surface area contributed by atoms with E-state index >= 15 is 0 Å². The fourth-order valence-electron chi connectivity index (χ4n) is 3.42. The van der Waals surface area contributed by atoms with Crippen LogP contribution in [0.3, 0.4) is 0 Å². The maximum Gasteiger partial charge on any atom is 0.336 e. The van der Waals surface area contributed by atoms with Crippen molar-refractivity contribution in [2.45, 2.75) is 53.4 Å². The maximum absolute atomic E-state index is 10.5. The van der Waals surface area contributed by atoms with Gasteiger partial charge in [-0.15, -0.1) is 0 Å². The highest BCUT2D eigenvalue weighted by molar-refractivity contribution is 6.01. The minimum Gasteiger partial charge on any atom is -0.478 e. The standard InChI is InChI=1S/C12H28N.C8H6O4/c1-5-9-13(10-6-2,11-7-3)12-8-4;9-7(10)5-3-1-2-4-6(5)8(11)12/h5-12H2,1-4H3;1-4H,(H,9,10)(H,11,12)/q+1;. The van der Waals surface area contributed by atoms with Gasteiger partial charge in [-0.2, -0.15) is 0 Å². The SMILES string of the molecule is CCC[N+](CCC)(CCC)CCC.O=C(O)c1ccccc1C(=O)O. The van der Waals surface area contributed by atoms with Gasteiger partial charge < -0.3 is 14.7 Å². The first-order valence-corrected chi connectivity index (χ1v) is 9.28. The predicted molar refractivity (Wildman–Crippen MR) is 101 cm³/mol. The number of carboxylic acid groups (broad SMARTS) is 2. The number of rotatable bonds is 10. The van der Waals surface area contributed by atoms with Crippen LogP contribution in [0.4, 0.5) is 0 Å². The van der Waals surface area contributed by atoms with Crippen molar-refractivity contribution in [2.75, 3.05) is 26.2 Å². The van der Waals surface area contributed by atoms with Crippen molar-refractivity contribution in [1.82, 2.24) is 0 Å². The summed E-state index contributed by atoms with van der Waals surface area (Å²) in [6, 6.07) is 5.48.